The van der Waals surface area contributed by atoms with Crippen LogP contribution in [0.5, 0.6) is 0 Å². The molecule has 0 radical (unpaired) electrons. The number of halogens is 5. The van der Waals surface area contributed by atoms with Crippen molar-refractivity contribution < 1.29 is 41.3 Å². The van der Waals surface area contributed by atoms with Crippen molar-refractivity contribution in [2.24, 2.45) is 0 Å². The van der Waals surface area contributed by atoms with Crippen LogP contribution in [0.25, 0.3) is 0 Å². The van der Waals surface area contributed by atoms with Gasteiger partial charge in [0.25, 0.3) is 6.43 Å². The average molecular weight is 424 g/mol. The highest BCUT2D eigenvalue weighted by Crippen LogP contribution is 2.42. The molecule has 1 aromatic rings. The van der Waals surface area contributed by atoms with Crippen LogP contribution in [0.4, 0.5) is 26.7 Å². The zero-order valence-electron chi connectivity index (χ0n) is 15.4. The first kappa shape index (κ1) is 21.7. The lowest BCUT2D eigenvalue weighted by Crippen LogP contribution is -2.48. The molecule has 1 amide bonds. The van der Waals surface area contributed by atoms with Crippen molar-refractivity contribution in [1.82, 2.24) is 9.88 Å². The Kier molecular flexibility index (Phi) is 6.27. The van der Waals surface area contributed by atoms with Crippen molar-refractivity contribution in [1.29, 1.82) is 0 Å². The third-order valence-corrected chi connectivity index (χ3v) is 5.39. The number of hydrogen-bond acceptors (Lipinski definition) is 5. The first-order valence-electron chi connectivity index (χ1n) is 9.15. The molecule has 2 aliphatic rings. The minimum atomic E-state index is -4.84. The first-order chi connectivity index (χ1) is 13.6. The van der Waals surface area contributed by atoms with Crippen molar-refractivity contribution >= 4 is 6.09 Å². The van der Waals surface area contributed by atoms with E-state index in [2.05, 4.69) is 9.72 Å². The highest BCUT2D eigenvalue weighted by Gasteiger charge is 2.46. The molecule has 2 fully saturated rings. The number of rotatable bonds is 4. The van der Waals surface area contributed by atoms with E-state index in [1.807, 2.05) is 0 Å². The molecule has 3 heterocycles. The third-order valence-electron chi connectivity index (χ3n) is 5.39. The van der Waals surface area contributed by atoms with Gasteiger partial charge in [-0.2, -0.15) is 13.2 Å². The fraction of sp³-hybridized carbons (Fsp3) is 0.667. The number of pyridine rings is 1. The Balaban J connectivity index is 1.57. The van der Waals surface area contributed by atoms with E-state index in [-0.39, 0.29) is 24.6 Å². The van der Waals surface area contributed by atoms with Crippen LogP contribution in [0.1, 0.15) is 42.9 Å². The van der Waals surface area contributed by atoms with Crippen molar-refractivity contribution in [3.05, 3.63) is 29.6 Å². The fourth-order valence-corrected chi connectivity index (χ4v) is 3.71. The number of nitrogens with zero attached hydrogens (tertiary/aromatic N) is 2. The largest absolute Gasteiger partial charge is 0.434 e. The molecule has 162 valence electrons. The van der Waals surface area contributed by atoms with Gasteiger partial charge in [-0.1, -0.05) is 0 Å². The molecule has 2 atom stereocenters. The van der Waals surface area contributed by atoms with E-state index >= 15 is 0 Å². The number of piperidine rings is 1. The average Bonchev–Trinajstić information content (AvgIpc) is 3.09. The summed E-state index contributed by atoms with van der Waals surface area (Å²) < 4.78 is 74.0. The second-order valence-corrected chi connectivity index (χ2v) is 7.29. The van der Waals surface area contributed by atoms with E-state index in [1.165, 1.54) is 18.3 Å². The van der Waals surface area contributed by atoms with Crippen LogP contribution < -0.4 is 0 Å². The number of likely N-dealkylation sites (tertiary alicyclic amines) is 1. The SMILES string of the molecule is O=C(OC(CO)C(F)(F)F)N1CCC2(CC1)CC(c1cc(C(F)F)ccn1)CO2. The van der Waals surface area contributed by atoms with E-state index in [0.717, 1.165) is 4.90 Å². The number of amides is 1. The number of aliphatic hydroxyl groups is 1. The molecule has 1 spiro atoms. The number of hydrogen-bond donors (Lipinski definition) is 1. The molecule has 6 nitrogen and oxygen atoms in total. The molecule has 0 saturated carbocycles. The molecule has 29 heavy (non-hydrogen) atoms. The lowest BCUT2D eigenvalue weighted by atomic mass is 9.84. The number of alkyl halides is 5. The lowest BCUT2D eigenvalue weighted by Gasteiger charge is -2.38. The van der Waals surface area contributed by atoms with Gasteiger partial charge in [-0.15, -0.1) is 0 Å². The Bertz CT molecular complexity index is 722. The molecular formula is C18H21F5N2O4. The summed E-state index contributed by atoms with van der Waals surface area (Å²) in [6.07, 6.45) is -8.53. The second kappa shape index (κ2) is 8.39. The van der Waals surface area contributed by atoms with Crippen molar-refractivity contribution in [3.63, 3.8) is 0 Å². The summed E-state index contributed by atoms with van der Waals surface area (Å²) in [5.41, 5.74) is -0.182. The molecule has 11 heteroatoms. The number of ether oxygens (including phenoxy) is 2. The smallest absolute Gasteiger partial charge is 0.427 e. The molecule has 0 bridgehead atoms. The van der Waals surface area contributed by atoms with Crippen molar-refractivity contribution in [2.75, 3.05) is 26.3 Å². The summed E-state index contributed by atoms with van der Waals surface area (Å²) in [7, 11) is 0. The molecular weight excluding hydrogens is 403 g/mol. The number of aliphatic hydroxyl groups excluding tert-OH is 1. The highest BCUT2D eigenvalue weighted by molar-refractivity contribution is 5.68. The standard InChI is InChI=1S/C18H21F5N2O4/c19-15(20)11-1-4-24-13(7-11)12-8-17(28-10-12)2-5-25(6-3-17)16(27)29-14(9-26)18(21,22)23/h1,4,7,12,14-15,26H,2-3,5-6,8-10H2. The summed E-state index contributed by atoms with van der Waals surface area (Å²) in [5.74, 6) is -0.170. The van der Waals surface area contributed by atoms with Crippen molar-refractivity contribution in [2.45, 2.75) is 49.5 Å². The van der Waals surface area contributed by atoms with Gasteiger partial charge in [0, 0.05) is 36.5 Å². The van der Waals surface area contributed by atoms with Gasteiger partial charge in [-0.3, -0.25) is 4.98 Å². The summed E-state index contributed by atoms with van der Waals surface area (Å²) in [4.78, 5) is 17.3. The quantitative estimate of drug-likeness (QED) is 0.750. The van der Waals surface area contributed by atoms with Gasteiger partial charge in [-0.25, -0.2) is 13.6 Å². The predicted octanol–water partition coefficient (Wildman–Crippen LogP) is 3.42. The second-order valence-electron chi connectivity index (χ2n) is 7.29. The van der Waals surface area contributed by atoms with E-state index in [1.54, 1.807) is 0 Å². The van der Waals surface area contributed by atoms with Crippen LogP contribution in [-0.4, -0.2) is 65.3 Å². The normalized spacial score (nSPS) is 22.9. The third kappa shape index (κ3) is 4.95. The van der Waals surface area contributed by atoms with Crippen LogP contribution in [-0.2, 0) is 9.47 Å². The Morgan fingerprint density at radius 2 is 2.07 bits per heavy atom. The maximum Gasteiger partial charge on any atom is 0.427 e. The molecule has 3 rings (SSSR count). The lowest BCUT2D eigenvalue weighted by molar-refractivity contribution is -0.215. The van der Waals surface area contributed by atoms with Gasteiger partial charge in [0.15, 0.2) is 0 Å². The van der Waals surface area contributed by atoms with Gasteiger partial charge < -0.3 is 19.5 Å². The van der Waals surface area contributed by atoms with E-state index in [0.29, 0.717) is 31.6 Å². The first-order valence-corrected chi connectivity index (χ1v) is 9.15. The van der Waals surface area contributed by atoms with E-state index in [9.17, 15) is 26.7 Å². The molecule has 1 aromatic heterocycles. The summed E-state index contributed by atoms with van der Waals surface area (Å²) in [6, 6.07) is 2.61. The Labute approximate surface area is 163 Å². The molecule has 2 saturated heterocycles. The van der Waals surface area contributed by atoms with Crippen LogP contribution >= 0.6 is 0 Å². The minimum Gasteiger partial charge on any atom is -0.434 e. The van der Waals surface area contributed by atoms with Crippen LogP contribution in [0.3, 0.4) is 0 Å². The van der Waals surface area contributed by atoms with Gasteiger partial charge >= 0.3 is 12.3 Å². The maximum absolute atomic E-state index is 12.9. The fourth-order valence-electron chi connectivity index (χ4n) is 3.71. The van der Waals surface area contributed by atoms with Crippen LogP contribution in [0.2, 0.25) is 0 Å². The molecule has 2 aliphatic heterocycles. The van der Waals surface area contributed by atoms with Gasteiger partial charge in [0.1, 0.15) is 0 Å². The zero-order valence-corrected chi connectivity index (χ0v) is 15.4. The summed E-state index contributed by atoms with van der Waals surface area (Å²) >= 11 is 0. The topological polar surface area (TPSA) is 71.9 Å². The zero-order chi connectivity index (χ0) is 21.2. The molecule has 2 unspecified atom stereocenters. The number of carbonyl (C=O) groups excluding carboxylic acids is 1. The Morgan fingerprint density at radius 3 is 2.66 bits per heavy atom. The Hall–Kier alpha value is -2.01. The molecule has 0 aliphatic carbocycles. The molecule has 1 N–H and O–H groups in total. The molecule has 0 aromatic carbocycles. The predicted molar refractivity (Wildman–Crippen MR) is 89.5 cm³/mol. The Morgan fingerprint density at radius 1 is 1.38 bits per heavy atom. The van der Waals surface area contributed by atoms with Gasteiger partial charge in [0.2, 0.25) is 6.10 Å². The van der Waals surface area contributed by atoms with E-state index in [4.69, 9.17) is 9.84 Å². The monoisotopic (exact) mass is 424 g/mol. The number of carbonyl (C=O) groups is 1. The van der Waals surface area contributed by atoms with Crippen molar-refractivity contribution in [3.8, 4) is 0 Å². The summed E-state index contributed by atoms with van der Waals surface area (Å²) in [6.45, 7) is -0.786. The minimum absolute atomic E-state index is 0.114. The number of aromatic nitrogens is 1. The van der Waals surface area contributed by atoms with E-state index < -0.39 is 37.0 Å². The highest BCUT2D eigenvalue weighted by atomic mass is 19.4. The maximum atomic E-state index is 12.9. The van der Waals surface area contributed by atoms with Crippen LogP contribution in [0, 0.1) is 0 Å². The van der Waals surface area contributed by atoms with Gasteiger partial charge in [-0.05, 0) is 31.4 Å². The summed E-state index contributed by atoms with van der Waals surface area (Å²) in [5, 5.41) is 8.78. The van der Waals surface area contributed by atoms with Gasteiger partial charge in [0.05, 0.1) is 18.8 Å². The van der Waals surface area contributed by atoms with Crippen LogP contribution in [0.15, 0.2) is 18.3 Å².